The maximum Gasteiger partial charge on any atom is 0.223 e. The van der Waals surface area contributed by atoms with E-state index in [-0.39, 0.29) is 0 Å². The van der Waals surface area contributed by atoms with E-state index < -0.39 is 0 Å². The molecule has 0 radical (unpaired) electrons. The number of unbranched alkanes of at least 4 members (excludes halogenated alkanes) is 1. The maximum atomic E-state index is 11.3. The monoisotopic (exact) mass is 156 g/mol. The molecule has 0 bridgehead atoms. The van der Waals surface area contributed by atoms with Crippen LogP contribution >= 0.6 is 0 Å². The summed E-state index contributed by atoms with van der Waals surface area (Å²) < 4.78 is 0. The van der Waals surface area contributed by atoms with Crippen molar-refractivity contribution in [3.05, 3.63) is 0 Å². The van der Waals surface area contributed by atoms with Gasteiger partial charge in [0.25, 0.3) is 0 Å². The summed E-state index contributed by atoms with van der Waals surface area (Å²) in [7, 11) is 0. The molecule has 0 atom stereocenters. The second-order valence-corrected chi connectivity index (χ2v) is 2.92. The molecule has 0 saturated carbocycles. The van der Waals surface area contributed by atoms with E-state index in [4.69, 9.17) is 0 Å². The highest BCUT2D eigenvalue weighted by Crippen LogP contribution is 2.01. The Kier molecular flexibility index (Phi) is 3.36. The van der Waals surface area contributed by atoms with Crippen LogP contribution in [0.5, 0.6) is 0 Å². The summed E-state index contributed by atoms with van der Waals surface area (Å²) in [5.41, 5.74) is 0. The molecule has 1 rings (SSSR count). The van der Waals surface area contributed by atoms with Crippen molar-refractivity contribution in [3.8, 4) is 0 Å². The van der Waals surface area contributed by atoms with Crippen molar-refractivity contribution in [1.82, 2.24) is 10.2 Å². The Bertz CT molecular complexity index is 130. The van der Waals surface area contributed by atoms with Crippen LogP contribution in [0.3, 0.4) is 0 Å². The summed E-state index contributed by atoms with van der Waals surface area (Å²) >= 11 is 0. The van der Waals surface area contributed by atoms with Gasteiger partial charge in [-0.3, -0.25) is 10.1 Å². The zero-order valence-corrected chi connectivity index (χ0v) is 7.10. The average molecular weight is 156 g/mol. The molecular formula is C8H16N2O. The molecule has 1 amide bonds. The van der Waals surface area contributed by atoms with E-state index in [1.165, 1.54) is 0 Å². The number of hydrogen-bond donors (Lipinski definition) is 1. The minimum Gasteiger partial charge on any atom is -0.329 e. The van der Waals surface area contributed by atoms with Gasteiger partial charge in [-0.1, -0.05) is 13.3 Å². The molecule has 0 aromatic carbocycles. The van der Waals surface area contributed by atoms with Crippen molar-refractivity contribution in [3.63, 3.8) is 0 Å². The lowest BCUT2D eigenvalue weighted by atomic mass is 10.2. The smallest absolute Gasteiger partial charge is 0.223 e. The zero-order valence-electron chi connectivity index (χ0n) is 7.10. The van der Waals surface area contributed by atoms with E-state index in [0.29, 0.717) is 5.91 Å². The molecule has 0 aliphatic carbocycles. The third-order valence-corrected chi connectivity index (χ3v) is 1.96. The number of nitrogens with zero attached hydrogens (tertiary/aromatic N) is 1. The van der Waals surface area contributed by atoms with Crippen LogP contribution in [0.2, 0.25) is 0 Å². The fourth-order valence-corrected chi connectivity index (χ4v) is 1.21. The second kappa shape index (κ2) is 4.34. The van der Waals surface area contributed by atoms with Gasteiger partial charge in [0.15, 0.2) is 0 Å². The van der Waals surface area contributed by atoms with Gasteiger partial charge in [-0.2, -0.15) is 0 Å². The van der Waals surface area contributed by atoms with Gasteiger partial charge in [-0.15, -0.1) is 0 Å². The SMILES string of the molecule is CCCCC(=O)N1CCNC1. The first-order valence-electron chi connectivity index (χ1n) is 4.33. The van der Waals surface area contributed by atoms with Crippen molar-refractivity contribution < 1.29 is 4.79 Å². The molecule has 0 aromatic heterocycles. The molecule has 1 N–H and O–H groups in total. The standard InChI is InChI=1S/C8H16N2O/c1-2-3-4-8(11)10-6-5-9-7-10/h9H,2-7H2,1H3. The predicted molar refractivity (Wildman–Crippen MR) is 44.1 cm³/mol. The largest absolute Gasteiger partial charge is 0.329 e. The van der Waals surface area contributed by atoms with Gasteiger partial charge >= 0.3 is 0 Å². The lowest BCUT2D eigenvalue weighted by Crippen LogP contribution is -2.29. The molecule has 0 unspecified atom stereocenters. The number of carbonyl (C=O) groups is 1. The molecule has 1 aliphatic rings. The number of rotatable bonds is 3. The van der Waals surface area contributed by atoms with Gasteiger partial charge in [-0.25, -0.2) is 0 Å². The van der Waals surface area contributed by atoms with Crippen LogP contribution in [-0.4, -0.2) is 30.6 Å². The third-order valence-electron chi connectivity index (χ3n) is 1.96. The third kappa shape index (κ3) is 2.50. The molecule has 0 aromatic rings. The van der Waals surface area contributed by atoms with Gasteiger partial charge in [0.1, 0.15) is 0 Å². The molecule has 1 saturated heterocycles. The quantitative estimate of drug-likeness (QED) is 0.647. The van der Waals surface area contributed by atoms with E-state index in [1.54, 1.807) is 0 Å². The van der Waals surface area contributed by atoms with Crippen LogP contribution in [0, 0.1) is 0 Å². The van der Waals surface area contributed by atoms with E-state index in [2.05, 4.69) is 12.2 Å². The number of amides is 1. The molecule has 3 nitrogen and oxygen atoms in total. The van der Waals surface area contributed by atoms with Crippen molar-refractivity contribution in [2.24, 2.45) is 0 Å². The molecule has 64 valence electrons. The Hall–Kier alpha value is -0.570. The molecule has 3 heteroatoms. The van der Waals surface area contributed by atoms with Gasteiger partial charge in [0.05, 0.1) is 6.67 Å². The van der Waals surface area contributed by atoms with E-state index in [9.17, 15) is 4.79 Å². The van der Waals surface area contributed by atoms with Crippen LogP contribution in [0.4, 0.5) is 0 Å². The van der Waals surface area contributed by atoms with Crippen molar-refractivity contribution >= 4 is 5.91 Å². The Morgan fingerprint density at radius 3 is 3.00 bits per heavy atom. The molecular weight excluding hydrogens is 140 g/mol. The van der Waals surface area contributed by atoms with Crippen LogP contribution in [-0.2, 0) is 4.79 Å². The Morgan fingerprint density at radius 2 is 2.45 bits per heavy atom. The Balaban J connectivity index is 2.17. The molecule has 1 aliphatic heterocycles. The minimum atomic E-state index is 0.303. The summed E-state index contributed by atoms with van der Waals surface area (Å²) in [5, 5.41) is 3.13. The lowest BCUT2D eigenvalue weighted by molar-refractivity contribution is -0.130. The average Bonchev–Trinajstić information content (AvgIpc) is 2.52. The van der Waals surface area contributed by atoms with Gasteiger partial charge < -0.3 is 4.90 Å². The molecule has 11 heavy (non-hydrogen) atoms. The fraction of sp³-hybridized carbons (Fsp3) is 0.875. The highest BCUT2D eigenvalue weighted by molar-refractivity contribution is 5.76. The van der Waals surface area contributed by atoms with Gasteiger partial charge in [0.2, 0.25) is 5.91 Å². The van der Waals surface area contributed by atoms with Gasteiger partial charge in [0, 0.05) is 19.5 Å². The number of carbonyl (C=O) groups excluding carboxylic acids is 1. The predicted octanol–water partition coefficient (Wildman–Crippen LogP) is 0.566. The first kappa shape index (κ1) is 8.53. The zero-order chi connectivity index (χ0) is 8.10. The Labute approximate surface area is 67.8 Å². The Morgan fingerprint density at radius 1 is 1.64 bits per heavy atom. The minimum absolute atomic E-state index is 0.303. The first-order chi connectivity index (χ1) is 5.34. The number of hydrogen-bond acceptors (Lipinski definition) is 2. The van der Waals surface area contributed by atoms with Crippen LogP contribution in [0.25, 0.3) is 0 Å². The normalized spacial score (nSPS) is 17.4. The summed E-state index contributed by atoms with van der Waals surface area (Å²) in [6.07, 6.45) is 2.85. The topological polar surface area (TPSA) is 32.3 Å². The second-order valence-electron chi connectivity index (χ2n) is 2.92. The van der Waals surface area contributed by atoms with Crippen molar-refractivity contribution in [1.29, 1.82) is 0 Å². The molecule has 0 spiro atoms. The summed E-state index contributed by atoms with van der Waals surface area (Å²) in [6, 6.07) is 0. The van der Waals surface area contributed by atoms with Crippen molar-refractivity contribution in [2.45, 2.75) is 26.2 Å². The lowest BCUT2D eigenvalue weighted by Gasteiger charge is -2.13. The highest BCUT2D eigenvalue weighted by atomic mass is 16.2. The first-order valence-corrected chi connectivity index (χ1v) is 4.33. The molecule has 1 heterocycles. The van der Waals surface area contributed by atoms with Crippen molar-refractivity contribution in [2.75, 3.05) is 19.8 Å². The molecule has 1 fully saturated rings. The van der Waals surface area contributed by atoms with Gasteiger partial charge in [-0.05, 0) is 6.42 Å². The summed E-state index contributed by atoms with van der Waals surface area (Å²) in [6.45, 7) is 4.71. The van der Waals surface area contributed by atoms with E-state index in [0.717, 1.165) is 39.0 Å². The number of nitrogens with one attached hydrogen (secondary N) is 1. The fourth-order valence-electron chi connectivity index (χ4n) is 1.21. The highest BCUT2D eigenvalue weighted by Gasteiger charge is 2.15. The van der Waals surface area contributed by atoms with Crippen LogP contribution in [0.1, 0.15) is 26.2 Å². The summed E-state index contributed by atoms with van der Waals surface area (Å²) in [5.74, 6) is 0.303. The van der Waals surface area contributed by atoms with E-state index in [1.807, 2.05) is 4.90 Å². The van der Waals surface area contributed by atoms with Crippen LogP contribution in [0.15, 0.2) is 0 Å². The maximum absolute atomic E-state index is 11.3. The summed E-state index contributed by atoms with van der Waals surface area (Å²) in [4.78, 5) is 13.2. The van der Waals surface area contributed by atoms with Crippen LogP contribution < -0.4 is 5.32 Å². The van der Waals surface area contributed by atoms with E-state index >= 15 is 0 Å².